The fraction of sp³-hybridized carbons (Fsp3) is 0.588. The van der Waals surface area contributed by atoms with Crippen LogP contribution in [0.5, 0.6) is 0 Å². The van der Waals surface area contributed by atoms with Gasteiger partial charge in [-0.2, -0.15) is 0 Å². The molecule has 1 unspecified atom stereocenters. The molecule has 1 aliphatic rings. The predicted molar refractivity (Wildman–Crippen MR) is 103 cm³/mol. The molecular weight excluding hydrogens is 427 g/mol. The largest absolute Gasteiger partial charge is 0.381 e. The third kappa shape index (κ3) is 6.88. The summed E-state index contributed by atoms with van der Waals surface area (Å²) in [5, 5.41) is 3.25. The van der Waals surface area contributed by atoms with Gasteiger partial charge in [0, 0.05) is 45.3 Å². The van der Waals surface area contributed by atoms with Crippen molar-refractivity contribution in [2.24, 2.45) is 10.9 Å². The molecule has 1 atom stereocenters. The van der Waals surface area contributed by atoms with Gasteiger partial charge in [-0.05, 0) is 37.5 Å². The number of nitrogens with zero attached hydrogens (tertiary/aromatic N) is 2. The zero-order valence-electron chi connectivity index (χ0n) is 14.2. The molecule has 24 heavy (non-hydrogen) atoms. The zero-order valence-corrected chi connectivity index (χ0v) is 16.6. The maximum atomic E-state index is 13.2. The second-order valence-electron chi connectivity index (χ2n) is 5.87. The Hall–Kier alpha value is -0.960. The molecule has 136 valence electrons. The molecule has 1 saturated heterocycles. The van der Waals surface area contributed by atoms with E-state index in [1.165, 1.54) is 12.1 Å². The molecule has 1 aliphatic heterocycles. The van der Waals surface area contributed by atoms with Crippen molar-refractivity contribution in [3.63, 3.8) is 0 Å². The number of rotatable bonds is 6. The lowest BCUT2D eigenvalue weighted by atomic mass is 10.1. The average molecular weight is 453 g/mol. The first-order chi connectivity index (χ1) is 11.1. The van der Waals surface area contributed by atoms with Crippen LogP contribution >= 0.6 is 24.0 Å². The summed E-state index contributed by atoms with van der Waals surface area (Å²) in [6.45, 7) is 5.80. The van der Waals surface area contributed by atoms with Crippen LogP contribution in [0.3, 0.4) is 0 Å². The van der Waals surface area contributed by atoms with Gasteiger partial charge in [0.25, 0.3) is 0 Å². The molecule has 1 heterocycles. The van der Waals surface area contributed by atoms with Gasteiger partial charge in [-0.1, -0.05) is 0 Å². The summed E-state index contributed by atoms with van der Waals surface area (Å²) in [5.74, 6) is 0.251. The molecule has 4 nitrogen and oxygen atoms in total. The van der Waals surface area contributed by atoms with E-state index in [0.29, 0.717) is 24.4 Å². The minimum absolute atomic E-state index is 0. The predicted octanol–water partition coefficient (Wildman–Crippen LogP) is 3.06. The maximum Gasteiger partial charge on any atom is 0.193 e. The van der Waals surface area contributed by atoms with Crippen LogP contribution in [0.2, 0.25) is 0 Å². The summed E-state index contributed by atoms with van der Waals surface area (Å²) in [5.41, 5.74) is 0.619. The minimum Gasteiger partial charge on any atom is -0.381 e. The molecule has 1 fully saturated rings. The van der Waals surface area contributed by atoms with Crippen LogP contribution in [0.1, 0.15) is 18.9 Å². The molecule has 0 aromatic heterocycles. The lowest BCUT2D eigenvalue weighted by Crippen LogP contribution is -2.41. The second kappa shape index (κ2) is 10.8. The van der Waals surface area contributed by atoms with E-state index < -0.39 is 11.6 Å². The lowest BCUT2D eigenvalue weighted by Gasteiger charge is -2.24. The van der Waals surface area contributed by atoms with Crippen LogP contribution in [0, 0.1) is 17.6 Å². The number of aliphatic imine (C=N–C) groups is 1. The Morgan fingerprint density at radius 1 is 1.33 bits per heavy atom. The van der Waals surface area contributed by atoms with E-state index >= 15 is 0 Å². The molecule has 7 heteroatoms. The molecule has 0 amide bonds. The number of ether oxygens (including phenoxy) is 1. The van der Waals surface area contributed by atoms with Gasteiger partial charge < -0.3 is 15.0 Å². The molecular formula is C17H26F2IN3O. The third-order valence-electron chi connectivity index (χ3n) is 3.84. The van der Waals surface area contributed by atoms with Crippen molar-refractivity contribution in [2.75, 3.05) is 39.9 Å². The van der Waals surface area contributed by atoms with Crippen LogP contribution in [-0.2, 0) is 11.2 Å². The fourth-order valence-electron chi connectivity index (χ4n) is 2.72. The van der Waals surface area contributed by atoms with Gasteiger partial charge >= 0.3 is 0 Å². The molecule has 0 aliphatic carbocycles. The van der Waals surface area contributed by atoms with Crippen LogP contribution in [-0.4, -0.2) is 50.8 Å². The molecule has 1 aromatic carbocycles. The van der Waals surface area contributed by atoms with Gasteiger partial charge in [0.15, 0.2) is 5.96 Å². The molecule has 0 saturated carbocycles. The maximum absolute atomic E-state index is 13.2. The standard InChI is InChI=1S/C17H25F2N3O.HI/c1-3-20-17(22(2)11-14-5-7-23-12-14)21-6-4-13-8-15(18)10-16(19)9-13;/h8-10,14H,3-7,11-12H2,1-2H3,(H,20,21);1H. The third-order valence-corrected chi connectivity index (χ3v) is 3.84. The molecule has 0 radical (unpaired) electrons. The number of halogens is 3. The van der Waals surface area contributed by atoms with Gasteiger partial charge in [-0.25, -0.2) is 8.78 Å². The SMILES string of the molecule is CCNC(=NCCc1cc(F)cc(F)c1)N(C)CC1CCOC1.I. The topological polar surface area (TPSA) is 36.9 Å². The summed E-state index contributed by atoms with van der Waals surface area (Å²) >= 11 is 0. The molecule has 1 N–H and O–H groups in total. The van der Waals surface area contributed by atoms with Crippen molar-refractivity contribution < 1.29 is 13.5 Å². The molecule has 1 aromatic rings. The number of nitrogens with one attached hydrogen (secondary N) is 1. The average Bonchev–Trinajstić information content (AvgIpc) is 2.98. The summed E-state index contributed by atoms with van der Waals surface area (Å²) in [4.78, 5) is 6.65. The van der Waals surface area contributed by atoms with Crippen LogP contribution in [0.25, 0.3) is 0 Å². The Labute approximate surface area is 159 Å². The molecule has 0 bridgehead atoms. The van der Waals surface area contributed by atoms with Gasteiger partial charge in [-0.3, -0.25) is 4.99 Å². The smallest absolute Gasteiger partial charge is 0.193 e. The summed E-state index contributed by atoms with van der Waals surface area (Å²) in [6, 6.07) is 3.59. The monoisotopic (exact) mass is 453 g/mol. The van der Waals surface area contributed by atoms with E-state index in [4.69, 9.17) is 4.74 Å². The van der Waals surface area contributed by atoms with Gasteiger partial charge in [0.1, 0.15) is 11.6 Å². The summed E-state index contributed by atoms with van der Waals surface area (Å²) in [7, 11) is 2.00. The number of hydrogen-bond donors (Lipinski definition) is 1. The van der Waals surface area contributed by atoms with Gasteiger partial charge in [0.05, 0.1) is 6.61 Å². The minimum atomic E-state index is -0.547. The van der Waals surface area contributed by atoms with Crippen molar-refractivity contribution >= 4 is 29.9 Å². The zero-order chi connectivity index (χ0) is 16.7. The van der Waals surface area contributed by atoms with E-state index in [9.17, 15) is 8.78 Å². The fourth-order valence-corrected chi connectivity index (χ4v) is 2.72. The first-order valence-electron chi connectivity index (χ1n) is 8.10. The van der Waals surface area contributed by atoms with E-state index in [1.807, 2.05) is 14.0 Å². The van der Waals surface area contributed by atoms with Crippen molar-refractivity contribution in [3.8, 4) is 0 Å². The van der Waals surface area contributed by atoms with Crippen molar-refractivity contribution in [3.05, 3.63) is 35.4 Å². The van der Waals surface area contributed by atoms with E-state index in [2.05, 4.69) is 15.2 Å². The highest BCUT2D eigenvalue weighted by atomic mass is 127. The molecule has 0 spiro atoms. The summed E-state index contributed by atoms with van der Waals surface area (Å²) in [6.07, 6.45) is 1.58. The first-order valence-corrected chi connectivity index (χ1v) is 8.10. The first kappa shape index (κ1) is 21.1. The van der Waals surface area contributed by atoms with Gasteiger partial charge in [-0.15, -0.1) is 24.0 Å². The summed E-state index contributed by atoms with van der Waals surface area (Å²) < 4.78 is 31.8. The van der Waals surface area contributed by atoms with Crippen molar-refractivity contribution in [2.45, 2.75) is 19.8 Å². The highest BCUT2D eigenvalue weighted by Gasteiger charge is 2.18. The number of hydrogen-bond acceptors (Lipinski definition) is 2. The lowest BCUT2D eigenvalue weighted by molar-refractivity contribution is 0.181. The van der Waals surface area contributed by atoms with Crippen LogP contribution < -0.4 is 5.32 Å². The Kier molecular flexibility index (Phi) is 9.50. The number of benzene rings is 1. The van der Waals surface area contributed by atoms with Gasteiger partial charge in [0.2, 0.25) is 0 Å². The Balaban J connectivity index is 0.00000288. The number of guanidine groups is 1. The normalized spacial score (nSPS) is 17.5. The van der Waals surface area contributed by atoms with E-state index in [-0.39, 0.29) is 24.0 Å². The Bertz CT molecular complexity index is 516. The Morgan fingerprint density at radius 3 is 2.62 bits per heavy atom. The Morgan fingerprint density at radius 2 is 2.04 bits per heavy atom. The van der Waals surface area contributed by atoms with E-state index in [0.717, 1.165) is 44.8 Å². The van der Waals surface area contributed by atoms with Crippen LogP contribution in [0.4, 0.5) is 8.78 Å². The van der Waals surface area contributed by atoms with Crippen LogP contribution in [0.15, 0.2) is 23.2 Å². The quantitative estimate of drug-likeness (QED) is 0.409. The van der Waals surface area contributed by atoms with Crippen molar-refractivity contribution in [1.29, 1.82) is 0 Å². The van der Waals surface area contributed by atoms with Crippen molar-refractivity contribution in [1.82, 2.24) is 10.2 Å². The second-order valence-corrected chi connectivity index (χ2v) is 5.87. The van der Waals surface area contributed by atoms with E-state index in [1.54, 1.807) is 0 Å². The molecule has 2 rings (SSSR count). The highest BCUT2D eigenvalue weighted by Crippen LogP contribution is 2.13. The highest BCUT2D eigenvalue weighted by molar-refractivity contribution is 14.0.